The molecule has 0 saturated heterocycles. The van der Waals surface area contributed by atoms with Gasteiger partial charge in [-0.2, -0.15) is 0 Å². The van der Waals surface area contributed by atoms with Crippen LogP contribution in [0, 0.1) is 5.92 Å². The van der Waals surface area contributed by atoms with E-state index < -0.39 is 16.1 Å². The van der Waals surface area contributed by atoms with E-state index in [1.54, 1.807) is 18.2 Å². The highest BCUT2D eigenvalue weighted by Crippen LogP contribution is 2.19. The van der Waals surface area contributed by atoms with E-state index in [-0.39, 0.29) is 17.4 Å². The molecule has 2 aromatic carbocycles. The Morgan fingerprint density at radius 3 is 2.35 bits per heavy atom. The summed E-state index contributed by atoms with van der Waals surface area (Å²) >= 11 is 0. The highest BCUT2D eigenvalue weighted by molar-refractivity contribution is 7.89. The third-order valence-electron chi connectivity index (χ3n) is 3.34. The van der Waals surface area contributed by atoms with Gasteiger partial charge >= 0.3 is 0 Å². The fourth-order valence-electron chi connectivity index (χ4n) is 1.99. The zero-order valence-electron chi connectivity index (χ0n) is 11.6. The summed E-state index contributed by atoms with van der Waals surface area (Å²) < 4.78 is 27.2. The average Bonchev–Trinajstić information content (AvgIpc) is 2.44. The molecule has 0 heterocycles. The molecule has 108 valence electrons. The number of aliphatic hydroxyl groups excluding tert-OH is 1. The van der Waals surface area contributed by atoms with Crippen LogP contribution in [0.25, 0.3) is 10.8 Å². The second-order valence-corrected chi connectivity index (χ2v) is 6.88. The van der Waals surface area contributed by atoms with Gasteiger partial charge in [-0.3, -0.25) is 0 Å². The molecule has 1 atom stereocenters. The number of rotatable bonds is 5. The molecule has 2 aromatic rings. The molecule has 0 unspecified atom stereocenters. The van der Waals surface area contributed by atoms with Crippen LogP contribution in [-0.4, -0.2) is 26.2 Å². The van der Waals surface area contributed by atoms with E-state index in [0.717, 1.165) is 10.8 Å². The molecule has 2 rings (SSSR count). The molecule has 5 heteroatoms. The number of aliphatic hydroxyl groups is 1. The third kappa shape index (κ3) is 3.17. The second-order valence-electron chi connectivity index (χ2n) is 5.16. The van der Waals surface area contributed by atoms with Gasteiger partial charge < -0.3 is 5.11 Å². The normalized spacial score (nSPS) is 13.8. The van der Waals surface area contributed by atoms with Crippen LogP contribution in [-0.2, 0) is 10.0 Å². The number of benzene rings is 2. The molecule has 0 fully saturated rings. The molecule has 4 nitrogen and oxygen atoms in total. The van der Waals surface area contributed by atoms with Crippen LogP contribution < -0.4 is 4.72 Å². The molecule has 0 bridgehead atoms. The van der Waals surface area contributed by atoms with Crippen molar-refractivity contribution in [2.24, 2.45) is 5.92 Å². The van der Waals surface area contributed by atoms with Gasteiger partial charge in [0.2, 0.25) is 10.0 Å². The summed E-state index contributed by atoms with van der Waals surface area (Å²) in [5.41, 5.74) is 0. The smallest absolute Gasteiger partial charge is 0.240 e. The first-order valence-electron chi connectivity index (χ1n) is 6.56. The van der Waals surface area contributed by atoms with E-state index in [4.69, 9.17) is 0 Å². The Morgan fingerprint density at radius 1 is 1.10 bits per heavy atom. The van der Waals surface area contributed by atoms with E-state index in [0.29, 0.717) is 0 Å². The summed E-state index contributed by atoms with van der Waals surface area (Å²) in [6, 6.07) is 12.1. The summed E-state index contributed by atoms with van der Waals surface area (Å²) in [4.78, 5) is 0.218. The minimum atomic E-state index is -3.62. The van der Waals surface area contributed by atoms with Gasteiger partial charge in [0.05, 0.1) is 11.5 Å². The first kappa shape index (κ1) is 15.0. The van der Waals surface area contributed by atoms with Crippen LogP contribution in [0.4, 0.5) is 0 Å². The monoisotopic (exact) mass is 293 g/mol. The molecular weight excluding hydrogens is 274 g/mol. The van der Waals surface area contributed by atoms with Crippen LogP contribution in [0.1, 0.15) is 13.8 Å². The lowest BCUT2D eigenvalue weighted by atomic mass is 10.1. The first-order chi connectivity index (χ1) is 9.44. The molecular formula is C15H19NO3S. The van der Waals surface area contributed by atoms with Gasteiger partial charge in [-0.05, 0) is 28.8 Å². The minimum absolute atomic E-state index is 0.0234. The highest BCUT2D eigenvalue weighted by atomic mass is 32.2. The number of hydrogen-bond acceptors (Lipinski definition) is 3. The van der Waals surface area contributed by atoms with E-state index in [9.17, 15) is 13.5 Å². The molecule has 0 amide bonds. The average molecular weight is 293 g/mol. The Balaban J connectivity index is 2.36. The number of fused-ring (bicyclic) bond motifs is 1. The summed E-state index contributed by atoms with van der Waals surface area (Å²) in [7, 11) is -3.62. The van der Waals surface area contributed by atoms with Crippen molar-refractivity contribution in [3.8, 4) is 0 Å². The molecule has 2 N–H and O–H groups in total. The highest BCUT2D eigenvalue weighted by Gasteiger charge is 2.21. The molecule has 0 aliphatic carbocycles. The number of nitrogens with one attached hydrogen (secondary N) is 1. The Labute approximate surface area is 119 Å². The quantitative estimate of drug-likeness (QED) is 0.887. The van der Waals surface area contributed by atoms with Crippen molar-refractivity contribution in [2.75, 3.05) is 6.61 Å². The summed E-state index contributed by atoms with van der Waals surface area (Å²) in [5, 5.41) is 11.1. The Kier molecular flexibility index (Phi) is 4.42. The van der Waals surface area contributed by atoms with Crippen molar-refractivity contribution in [3.63, 3.8) is 0 Å². The summed E-state index contributed by atoms with van der Waals surface area (Å²) in [6.07, 6.45) is 0. The second kappa shape index (κ2) is 5.91. The van der Waals surface area contributed by atoms with Gasteiger partial charge in [0.15, 0.2) is 0 Å². The van der Waals surface area contributed by atoms with Crippen molar-refractivity contribution in [1.29, 1.82) is 0 Å². The number of sulfonamides is 1. The maximum Gasteiger partial charge on any atom is 0.240 e. The van der Waals surface area contributed by atoms with Crippen molar-refractivity contribution in [2.45, 2.75) is 24.8 Å². The van der Waals surface area contributed by atoms with Gasteiger partial charge in [-0.25, -0.2) is 13.1 Å². The zero-order chi connectivity index (χ0) is 14.8. The van der Waals surface area contributed by atoms with Crippen molar-refractivity contribution >= 4 is 20.8 Å². The zero-order valence-corrected chi connectivity index (χ0v) is 12.4. The van der Waals surface area contributed by atoms with Crippen molar-refractivity contribution < 1.29 is 13.5 Å². The molecule has 0 spiro atoms. The van der Waals surface area contributed by atoms with Gasteiger partial charge in [0, 0.05) is 6.04 Å². The summed E-state index contributed by atoms with van der Waals surface area (Å²) in [5.74, 6) is 0.0234. The molecule has 0 aromatic heterocycles. The third-order valence-corrected chi connectivity index (χ3v) is 4.83. The lowest BCUT2D eigenvalue weighted by Crippen LogP contribution is -2.41. The van der Waals surface area contributed by atoms with Gasteiger partial charge in [-0.15, -0.1) is 0 Å². The maximum atomic E-state index is 12.3. The largest absolute Gasteiger partial charge is 0.395 e. The fraction of sp³-hybridized carbons (Fsp3) is 0.333. The van der Waals surface area contributed by atoms with Crippen LogP contribution in [0.15, 0.2) is 47.4 Å². The molecule has 0 saturated carbocycles. The van der Waals surface area contributed by atoms with Gasteiger partial charge in [-0.1, -0.05) is 44.2 Å². The topological polar surface area (TPSA) is 66.4 Å². The lowest BCUT2D eigenvalue weighted by molar-refractivity contribution is 0.227. The van der Waals surface area contributed by atoms with Crippen LogP contribution in [0.5, 0.6) is 0 Å². The molecule has 0 aliphatic rings. The van der Waals surface area contributed by atoms with Crippen LogP contribution in [0.3, 0.4) is 0 Å². The van der Waals surface area contributed by atoms with E-state index in [2.05, 4.69) is 4.72 Å². The van der Waals surface area contributed by atoms with Crippen molar-refractivity contribution in [3.05, 3.63) is 42.5 Å². The van der Waals surface area contributed by atoms with Crippen LogP contribution in [0.2, 0.25) is 0 Å². The Hall–Kier alpha value is -1.43. The Bertz CT molecular complexity index is 695. The predicted molar refractivity (Wildman–Crippen MR) is 80.0 cm³/mol. The maximum absolute atomic E-state index is 12.3. The molecule has 20 heavy (non-hydrogen) atoms. The molecule has 0 radical (unpaired) electrons. The lowest BCUT2D eigenvalue weighted by Gasteiger charge is -2.20. The van der Waals surface area contributed by atoms with Crippen LogP contribution >= 0.6 is 0 Å². The predicted octanol–water partition coefficient (Wildman–Crippen LogP) is 2.13. The number of hydrogen-bond donors (Lipinski definition) is 2. The van der Waals surface area contributed by atoms with Crippen molar-refractivity contribution in [1.82, 2.24) is 4.72 Å². The van der Waals surface area contributed by atoms with Gasteiger partial charge in [0.25, 0.3) is 0 Å². The van der Waals surface area contributed by atoms with E-state index in [1.807, 2.05) is 38.1 Å². The van der Waals surface area contributed by atoms with E-state index in [1.165, 1.54) is 0 Å². The van der Waals surface area contributed by atoms with Gasteiger partial charge in [0.1, 0.15) is 0 Å². The first-order valence-corrected chi connectivity index (χ1v) is 8.04. The Morgan fingerprint density at radius 2 is 1.75 bits per heavy atom. The minimum Gasteiger partial charge on any atom is -0.395 e. The SMILES string of the molecule is CC(C)[C@@H](CO)NS(=O)(=O)c1ccc2ccccc2c1. The standard InChI is InChI=1S/C15H19NO3S/c1-11(2)15(10-17)16-20(18,19)14-8-7-12-5-3-4-6-13(12)9-14/h3-9,11,15-17H,10H2,1-2H3/t15-/m1/s1. The molecule has 0 aliphatic heterocycles. The fourth-order valence-corrected chi connectivity index (χ4v) is 3.40. The summed E-state index contributed by atoms with van der Waals surface area (Å²) in [6.45, 7) is 3.51. The van der Waals surface area contributed by atoms with E-state index >= 15 is 0 Å².